The van der Waals surface area contributed by atoms with Crippen LogP contribution in [0.2, 0.25) is 0 Å². The molecule has 5 nitrogen and oxygen atoms in total. The molecule has 1 rings (SSSR count). The van der Waals surface area contributed by atoms with Gasteiger partial charge >= 0.3 is 6.03 Å². The summed E-state index contributed by atoms with van der Waals surface area (Å²) in [4.78, 5) is 11.8. The summed E-state index contributed by atoms with van der Waals surface area (Å²) >= 11 is 0. The Labute approximate surface area is 119 Å². The molecule has 1 aromatic carbocycles. The second kappa shape index (κ2) is 6.96. The molecule has 0 unspecified atom stereocenters. The van der Waals surface area contributed by atoms with Crippen molar-refractivity contribution < 1.29 is 13.2 Å². The summed E-state index contributed by atoms with van der Waals surface area (Å²) in [5, 5.41) is 4.50. The zero-order valence-electron chi connectivity index (χ0n) is 11.7. The Bertz CT molecular complexity index is 640. The second-order valence-corrected chi connectivity index (χ2v) is 6.80. The van der Waals surface area contributed by atoms with Crippen LogP contribution in [0.1, 0.15) is 20.8 Å². The molecule has 0 bridgehead atoms. The summed E-state index contributed by atoms with van der Waals surface area (Å²) in [6.45, 7) is 5.08. The largest absolute Gasteiger partial charge is 0.327 e. The lowest BCUT2D eigenvalue weighted by Crippen LogP contribution is -2.30. The predicted octanol–water partition coefficient (Wildman–Crippen LogP) is 2.01. The van der Waals surface area contributed by atoms with Gasteiger partial charge in [0.05, 0.1) is 22.4 Å². The third kappa shape index (κ3) is 4.00. The number of benzene rings is 1. The van der Waals surface area contributed by atoms with E-state index in [0.717, 1.165) is 0 Å². The summed E-state index contributed by atoms with van der Waals surface area (Å²) in [5.74, 6) is 5.34. The molecule has 6 heteroatoms. The van der Waals surface area contributed by atoms with Crippen LogP contribution in [0.25, 0.3) is 0 Å². The minimum absolute atomic E-state index is 0.117. The maximum absolute atomic E-state index is 12.2. The third-order valence-electron chi connectivity index (χ3n) is 2.58. The number of nitrogens with one attached hydrogen (secondary N) is 2. The smallest absolute Gasteiger partial charge is 0.320 e. The molecule has 0 radical (unpaired) electrons. The molecular formula is C14H18N2O3S. The van der Waals surface area contributed by atoms with Crippen LogP contribution in [0.3, 0.4) is 0 Å². The minimum atomic E-state index is -3.45. The third-order valence-corrected chi connectivity index (χ3v) is 4.79. The first-order chi connectivity index (χ1) is 9.39. The minimum Gasteiger partial charge on any atom is -0.327 e. The average Bonchev–Trinajstić information content (AvgIpc) is 2.39. The second-order valence-electron chi connectivity index (χ2n) is 4.32. The molecule has 0 saturated heterocycles. The Hall–Kier alpha value is -2.00. The SMILES string of the molecule is CC#CCNC(=O)Nc1ccccc1S(=O)(=O)C(C)C. The van der Waals surface area contributed by atoms with Gasteiger partial charge in [0.2, 0.25) is 0 Å². The average molecular weight is 294 g/mol. The van der Waals surface area contributed by atoms with Crippen LogP contribution < -0.4 is 10.6 Å². The van der Waals surface area contributed by atoms with Crippen molar-refractivity contribution in [2.24, 2.45) is 0 Å². The molecule has 0 aliphatic rings. The lowest BCUT2D eigenvalue weighted by Gasteiger charge is -2.13. The van der Waals surface area contributed by atoms with Crippen LogP contribution in [-0.2, 0) is 9.84 Å². The van der Waals surface area contributed by atoms with E-state index in [-0.39, 0.29) is 17.1 Å². The highest BCUT2D eigenvalue weighted by Crippen LogP contribution is 2.24. The number of carbonyl (C=O) groups is 1. The van der Waals surface area contributed by atoms with Crippen molar-refractivity contribution in [1.82, 2.24) is 5.32 Å². The van der Waals surface area contributed by atoms with Crippen LogP contribution in [0.4, 0.5) is 10.5 Å². The van der Waals surface area contributed by atoms with Crippen LogP contribution in [0, 0.1) is 11.8 Å². The van der Waals surface area contributed by atoms with Crippen molar-refractivity contribution in [2.75, 3.05) is 11.9 Å². The lowest BCUT2D eigenvalue weighted by atomic mass is 10.3. The molecule has 20 heavy (non-hydrogen) atoms. The molecule has 0 aliphatic carbocycles. The van der Waals surface area contributed by atoms with Gasteiger partial charge in [-0.15, -0.1) is 5.92 Å². The highest BCUT2D eigenvalue weighted by atomic mass is 32.2. The fourth-order valence-corrected chi connectivity index (χ4v) is 2.65. The Kier molecular flexibility index (Phi) is 5.59. The Morgan fingerprint density at radius 3 is 2.55 bits per heavy atom. The first-order valence-corrected chi connectivity index (χ1v) is 7.71. The van der Waals surface area contributed by atoms with Gasteiger partial charge < -0.3 is 10.6 Å². The lowest BCUT2D eigenvalue weighted by molar-refractivity contribution is 0.253. The number of hydrogen-bond donors (Lipinski definition) is 2. The number of rotatable bonds is 4. The zero-order valence-corrected chi connectivity index (χ0v) is 12.5. The predicted molar refractivity (Wildman–Crippen MR) is 79.2 cm³/mol. The topological polar surface area (TPSA) is 75.3 Å². The summed E-state index contributed by atoms with van der Waals surface area (Å²) in [6, 6.07) is 5.85. The van der Waals surface area contributed by atoms with Crippen molar-refractivity contribution in [3.05, 3.63) is 24.3 Å². The molecular weight excluding hydrogens is 276 g/mol. The summed E-state index contributed by atoms with van der Waals surface area (Å²) in [7, 11) is -3.45. The monoisotopic (exact) mass is 294 g/mol. The fourth-order valence-electron chi connectivity index (χ4n) is 1.45. The molecule has 0 aromatic heterocycles. The van der Waals surface area contributed by atoms with E-state index in [9.17, 15) is 13.2 Å². The van der Waals surface area contributed by atoms with Gasteiger partial charge in [0, 0.05) is 0 Å². The van der Waals surface area contributed by atoms with Gasteiger partial charge in [-0.2, -0.15) is 0 Å². The highest BCUT2D eigenvalue weighted by molar-refractivity contribution is 7.92. The molecule has 2 amide bonds. The van der Waals surface area contributed by atoms with Gasteiger partial charge in [0.1, 0.15) is 0 Å². The van der Waals surface area contributed by atoms with Crippen LogP contribution in [-0.4, -0.2) is 26.2 Å². The molecule has 108 valence electrons. The van der Waals surface area contributed by atoms with E-state index in [2.05, 4.69) is 22.5 Å². The summed E-state index contributed by atoms with van der Waals surface area (Å²) in [5.41, 5.74) is 0.267. The quantitative estimate of drug-likeness (QED) is 0.834. The number of urea groups is 1. The number of anilines is 1. The molecule has 0 heterocycles. The van der Waals surface area contributed by atoms with Crippen LogP contribution >= 0.6 is 0 Å². The van der Waals surface area contributed by atoms with E-state index in [4.69, 9.17) is 0 Å². The van der Waals surface area contributed by atoms with Crippen molar-refractivity contribution in [1.29, 1.82) is 0 Å². The van der Waals surface area contributed by atoms with Gasteiger partial charge in [-0.1, -0.05) is 18.1 Å². The summed E-state index contributed by atoms with van der Waals surface area (Å²) in [6.07, 6.45) is 0. The number of para-hydroxylation sites is 1. The van der Waals surface area contributed by atoms with E-state index in [1.54, 1.807) is 39.0 Å². The van der Waals surface area contributed by atoms with E-state index < -0.39 is 21.1 Å². The van der Waals surface area contributed by atoms with E-state index in [0.29, 0.717) is 0 Å². The van der Waals surface area contributed by atoms with Gasteiger partial charge in [-0.25, -0.2) is 13.2 Å². The first-order valence-electron chi connectivity index (χ1n) is 6.17. The highest BCUT2D eigenvalue weighted by Gasteiger charge is 2.22. The van der Waals surface area contributed by atoms with Crippen LogP contribution in [0.5, 0.6) is 0 Å². The first kappa shape index (κ1) is 16.1. The van der Waals surface area contributed by atoms with Gasteiger partial charge in [-0.05, 0) is 32.9 Å². The van der Waals surface area contributed by atoms with Gasteiger partial charge in [0.15, 0.2) is 9.84 Å². The van der Waals surface area contributed by atoms with Gasteiger partial charge in [0.25, 0.3) is 0 Å². The molecule has 0 saturated carbocycles. The van der Waals surface area contributed by atoms with E-state index in [1.165, 1.54) is 6.07 Å². The van der Waals surface area contributed by atoms with Gasteiger partial charge in [-0.3, -0.25) is 0 Å². The standard InChI is InChI=1S/C14H18N2O3S/c1-4-5-10-15-14(17)16-12-8-6-7-9-13(12)20(18,19)11(2)3/h6-9,11H,10H2,1-3H3,(H2,15,16,17). The Balaban J connectivity index is 2.97. The number of amides is 2. The number of sulfone groups is 1. The van der Waals surface area contributed by atoms with Crippen molar-refractivity contribution >= 4 is 21.6 Å². The molecule has 1 aromatic rings. The molecule has 0 fully saturated rings. The number of hydrogen-bond acceptors (Lipinski definition) is 3. The molecule has 2 N–H and O–H groups in total. The van der Waals surface area contributed by atoms with Crippen molar-refractivity contribution in [2.45, 2.75) is 30.9 Å². The fraction of sp³-hybridized carbons (Fsp3) is 0.357. The normalized spacial score (nSPS) is 10.6. The Morgan fingerprint density at radius 2 is 1.95 bits per heavy atom. The Morgan fingerprint density at radius 1 is 1.30 bits per heavy atom. The molecule has 0 spiro atoms. The van der Waals surface area contributed by atoms with Crippen molar-refractivity contribution in [3.63, 3.8) is 0 Å². The van der Waals surface area contributed by atoms with E-state index >= 15 is 0 Å². The molecule has 0 aliphatic heterocycles. The van der Waals surface area contributed by atoms with E-state index in [1.807, 2.05) is 0 Å². The summed E-state index contributed by atoms with van der Waals surface area (Å²) < 4.78 is 24.4. The zero-order chi connectivity index (χ0) is 15.2. The molecule has 0 atom stereocenters. The van der Waals surface area contributed by atoms with Crippen molar-refractivity contribution in [3.8, 4) is 11.8 Å². The number of carbonyl (C=O) groups excluding carboxylic acids is 1. The maximum atomic E-state index is 12.2. The maximum Gasteiger partial charge on any atom is 0.320 e. The van der Waals surface area contributed by atoms with Crippen LogP contribution in [0.15, 0.2) is 29.2 Å².